The Bertz CT molecular complexity index is 1340. The normalized spacial score (nSPS) is 29.1. The molecule has 8 atom stereocenters. The minimum atomic E-state index is -4.34. The van der Waals surface area contributed by atoms with E-state index in [0.29, 0.717) is 17.7 Å². The van der Waals surface area contributed by atoms with Crippen molar-refractivity contribution in [1.82, 2.24) is 10.1 Å². The second kappa shape index (κ2) is 13.1. The van der Waals surface area contributed by atoms with Crippen molar-refractivity contribution in [2.45, 2.75) is 68.7 Å². The van der Waals surface area contributed by atoms with Crippen molar-refractivity contribution in [1.29, 1.82) is 0 Å². The molecule has 3 aliphatic rings. The van der Waals surface area contributed by atoms with Crippen LogP contribution in [0.1, 0.15) is 25.8 Å². The van der Waals surface area contributed by atoms with Crippen LogP contribution in [0.3, 0.4) is 0 Å². The molecule has 0 aromatic heterocycles. The summed E-state index contributed by atoms with van der Waals surface area (Å²) in [6.07, 6.45) is -0.0360. The van der Waals surface area contributed by atoms with Gasteiger partial charge in [-0.05, 0) is 44.4 Å². The van der Waals surface area contributed by atoms with Crippen LogP contribution in [0.2, 0.25) is 0 Å². The summed E-state index contributed by atoms with van der Waals surface area (Å²) in [6, 6.07) is 3.72. The van der Waals surface area contributed by atoms with Crippen LogP contribution in [-0.2, 0) is 39.3 Å². The molecule has 1 aromatic carbocycles. The summed E-state index contributed by atoms with van der Waals surface area (Å²) >= 11 is 0. The van der Waals surface area contributed by atoms with Gasteiger partial charge in [-0.15, -0.1) is 0 Å². The number of aliphatic hydroxyl groups excluding tert-OH is 2. The van der Waals surface area contributed by atoms with Crippen molar-refractivity contribution in [3.63, 3.8) is 0 Å². The minimum Gasteiger partial charge on any atom is -0.468 e. The van der Waals surface area contributed by atoms with Crippen molar-refractivity contribution < 1.29 is 47.6 Å². The molecule has 17 heteroatoms. The van der Waals surface area contributed by atoms with Gasteiger partial charge in [-0.3, -0.25) is 19.1 Å². The van der Waals surface area contributed by atoms with Crippen LogP contribution in [0, 0.1) is 0 Å². The monoisotopic (exact) mass is 624 g/mol. The number of nitrogens with zero attached hydrogens (tertiary/aromatic N) is 3. The molecule has 16 nitrogen and oxygen atoms in total. The lowest BCUT2D eigenvalue weighted by Gasteiger charge is -2.32. The average molecular weight is 625 g/mol. The standard InChI is InChI=1S/C26H37N6O10P/c1-14(24(35)38-3)31-43(37,42-16-7-5-15(6-8-16)11-17(27)25(36)39-4)40-12-26(2)22(34)20(33)21(41-26)18-9-10-19-23(28)29-13-30-32(18)19/h5-8,10,13-14,17-18,20-22,33-34H,9,11-12,27H2,1-4H3,(H,31,37)(H2,28,29,30)/t14-,17-,18?,20-,21-,22-,26+,43+/m0/s1. The van der Waals surface area contributed by atoms with E-state index in [1.54, 1.807) is 17.1 Å². The van der Waals surface area contributed by atoms with Crippen LogP contribution >= 0.6 is 7.75 Å². The number of carbonyl (C=O) groups excluding carboxylic acids is 2. The minimum absolute atomic E-state index is 0.103. The molecule has 3 heterocycles. The smallest absolute Gasteiger partial charge is 0.459 e. The molecular weight excluding hydrogens is 587 g/mol. The number of ether oxygens (including phenoxy) is 3. The zero-order valence-electron chi connectivity index (χ0n) is 24.2. The molecule has 3 aliphatic heterocycles. The first-order chi connectivity index (χ1) is 20.3. The maximum Gasteiger partial charge on any atom is 0.459 e. The van der Waals surface area contributed by atoms with Gasteiger partial charge in [0.15, 0.2) is 5.84 Å². The van der Waals surface area contributed by atoms with E-state index in [2.05, 4.69) is 19.9 Å². The van der Waals surface area contributed by atoms with E-state index in [-0.39, 0.29) is 18.0 Å². The van der Waals surface area contributed by atoms with Crippen LogP contribution < -0.4 is 21.1 Å². The molecule has 0 spiro atoms. The van der Waals surface area contributed by atoms with Gasteiger partial charge in [0.25, 0.3) is 0 Å². The van der Waals surface area contributed by atoms with Gasteiger partial charge in [0.05, 0.1) is 32.6 Å². The number of carbonyl (C=O) groups is 2. The molecule has 7 N–H and O–H groups in total. The van der Waals surface area contributed by atoms with Gasteiger partial charge < -0.3 is 40.4 Å². The summed E-state index contributed by atoms with van der Waals surface area (Å²) in [5.74, 6) is -0.929. The van der Waals surface area contributed by atoms with Crippen molar-refractivity contribution >= 4 is 31.9 Å². The molecular formula is C26H37N6O10P. The number of nitrogens with two attached hydrogens (primary N) is 2. The molecule has 0 aliphatic carbocycles. The summed E-state index contributed by atoms with van der Waals surface area (Å²) in [6.45, 7) is 2.39. The molecule has 1 unspecified atom stereocenters. The number of rotatable bonds is 12. The van der Waals surface area contributed by atoms with Crippen LogP contribution in [0.15, 0.2) is 46.1 Å². The molecule has 0 saturated carbocycles. The maximum absolute atomic E-state index is 13.9. The summed E-state index contributed by atoms with van der Waals surface area (Å²) in [5.41, 5.74) is 11.5. The summed E-state index contributed by atoms with van der Waals surface area (Å²) < 4.78 is 40.9. The van der Waals surface area contributed by atoms with Gasteiger partial charge in [-0.1, -0.05) is 18.2 Å². The Balaban J connectivity index is 1.48. The number of aliphatic imine (C=N–C) groups is 1. The Hall–Kier alpha value is -3.37. The molecule has 1 fully saturated rings. The highest BCUT2D eigenvalue weighted by atomic mass is 31.2. The second-order valence-electron chi connectivity index (χ2n) is 10.5. The zero-order chi connectivity index (χ0) is 31.5. The van der Waals surface area contributed by atoms with Gasteiger partial charge in [0.2, 0.25) is 0 Å². The molecule has 0 radical (unpaired) electrons. The van der Waals surface area contributed by atoms with Crippen LogP contribution in [0.25, 0.3) is 0 Å². The number of amidine groups is 1. The third kappa shape index (κ3) is 7.07. The highest BCUT2D eigenvalue weighted by Gasteiger charge is 2.56. The number of esters is 2. The largest absolute Gasteiger partial charge is 0.468 e. The molecule has 236 valence electrons. The molecule has 1 aromatic rings. The third-order valence-corrected chi connectivity index (χ3v) is 8.98. The van der Waals surface area contributed by atoms with Gasteiger partial charge >= 0.3 is 19.7 Å². The Morgan fingerprint density at radius 2 is 1.91 bits per heavy atom. The molecule has 43 heavy (non-hydrogen) atoms. The first kappa shape index (κ1) is 32.5. The van der Waals surface area contributed by atoms with Crippen molar-refractivity contribution in [2.24, 2.45) is 21.6 Å². The molecule has 0 bridgehead atoms. The molecule has 4 rings (SSSR count). The SMILES string of the molecule is COC(=O)[C@H](C)N[P@@](=O)(OC[C@@]1(C)O[C@@H](C2CC=C3C(N)=NC=NN32)[C@H](O)[C@@H]1O)Oc1ccc(C[C@H](N)C(=O)OC)cc1. The summed E-state index contributed by atoms with van der Waals surface area (Å²) in [5, 5.41) is 30.3. The fourth-order valence-electron chi connectivity index (χ4n) is 4.96. The third-order valence-electron chi connectivity index (χ3n) is 7.36. The van der Waals surface area contributed by atoms with E-state index in [0.717, 1.165) is 0 Å². The zero-order valence-corrected chi connectivity index (χ0v) is 25.0. The summed E-state index contributed by atoms with van der Waals surface area (Å²) in [7, 11) is -1.93. The van der Waals surface area contributed by atoms with Gasteiger partial charge in [-0.25, -0.2) is 9.56 Å². The topological polar surface area (TPSA) is 230 Å². The lowest BCUT2D eigenvalue weighted by atomic mass is 9.95. The number of aliphatic hydroxyl groups is 2. The number of nitrogens with one attached hydrogen (secondary N) is 1. The Labute approximate surface area is 248 Å². The number of hydrogen-bond donors (Lipinski definition) is 5. The van der Waals surface area contributed by atoms with E-state index in [4.69, 9.17) is 30.0 Å². The quantitative estimate of drug-likeness (QED) is 0.146. The Morgan fingerprint density at radius 1 is 1.23 bits per heavy atom. The fraction of sp³-hybridized carbons (Fsp3) is 0.538. The number of hydrogen-bond acceptors (Lipinski definition) is 15. The van der Waals surface area contributed by atoms with Crippen molar-refractivity contribution in [3.8, 4) is 5.75 Å². The average Bonchev–Trinajstić information content (AvgIpc) is 3.52. The lowest BCUT2D eigenvalue weighted by molar-refractivity contribution is -0.143. The van der Waals surface area contributed by atoms with Gasteiger partial charge in [0.1, 0.15) is 48.1 Å². The van der Waals surface area contributed by atoms with E-state index >= 15 is 0 Å². The highest BCUT2D eigenvalue weighted by molar-refractivity contribution is 7.52. The van der Waals surface area contributed by atoms with Crippen LogP contribution in [0.5, 0.6) is 5.75 Å². The highest BCUT2D eigenvalue weighted by Crippen LogP contribution is 2.48. The maximum atomic E-state index is 13.9. The van der Waals surface area contributed by atoms with Crippen LogP contribution in [0.4, 0.5) is 0 Å². The first-order valence-corrected chi connectivity index (χ1v) is 15.0. The second-order valence-corrected chi connectivity index (χ2v) is 12.2. The van der Waals surface area contributed by atoms with E-state index < -0.39 is 68.3 Å². The predicted octanol–water partition coefficient (Wildman–Crippen LogP) is -0.464. The van der Waals surface area contributed by atoms with E-state index in [1.807, 2.05) is 6.08 Å². The van der Waals surface area contributed by atoms with Gasteiger partial charge in [-0.2, -0.15) is 10.2 Å². The lowest BCUT2D eigenvalue weighted by Crippen LogP contribution is -2.46. The molecule has 0 amide bonds. The predicted molar refractivity (Wildman–Crippen MR) is 153 cm³/mol. The Kier molecular flexibility index (Phi) is 9.91. The van der Waals surface area contributed by atoms with Crippen molar-refractivity contribution in [2.75, 3.05) is 20.8 Å². The number of benzene rings is 1. The fourth-order valence-corrected chi connectivity index (χ4v) is 6.54. The number of methoxy groups -OCH3 is 2. The van der Waals surface area contributed by atoms with Gasteiger partial charge in [0, 0.05) is 0 Å². The van der Waals surface area contributed by atoms with Crippen molar-refractivity contribution in [3.05, 3.63) is 41.6 Å². The number of hydrazone groups is 1. The summed E-state index contributed by atoms with van der Waals surface area (Å²) in [4.78, 5) is 27.7. The number of fused-ring (bicyclic) bond motifs is 1. The van der Waals surface area contributed by atoms with Crippen LogP contribution in [-0.4, -0.2) is 102 Å². The Morgan fingerprint density at radius 3 is 2.56 bits per heavy atom. The van der Waals surface area contributed by atoms with E-state index in [1.165, 1.54) is 46.5 Å². The molecule has 1 saturated heterocycles. The first-order valence-electron chi connectivity index (χ1n) is 13.4. The van der Waals surface area contributed by atoms with E-state index in [9.17, 15) is 24.4 Å².